The maximum atomic E-state index is 9.71. The Morgan fingerprint density at radius 1 is 1.59 bits per heavy atom. The molecule has 6 nitrogen and oxygen atoms in total. The van der Waals surface area contributed by atoms with E-state index in [4.69, 9.17) is 5.84 Å². The second-order valence-electron chi connectivity index (χ2n) is 4.28. The van der Waals surface area contributed by atoms with Gasteiger partial charge in [-0.15, -0.1) is 0 Å². The fraction of sp³-hybridized carbons (Fsp3) is 0.600. The van der Waals surface area contributed by atoms with Crippen LogP contribution in [0.2, 0.25) is 0 Å². The first-order valence-electron chi connectivity index (χ1n) is 5.53. The molecule has 2 atom stereocenters. The Bertz CT molecular complexity index is 402. The van der Waals surface area contributed by atoms with Crippen molar-refractivity contribution in [2.24, 2.45) is 11.8 Å². The number of nitrogens with two attached hydrogens (primary N) is 1. The highest BCUT2D eigenvalue weighted by molar-refractivity contribution is 9.10. The van der Waals surface area contributed by atoms with Crippen molar-refractivity contribution >= 4 is 27.6 Å². The fourth-order valence-electron chi connectivity index (χ4n) is 2.01. The highest BCUT2D eigenvalue weighted by Gasteiger charge is 2.26. The van der Waals surface area contributed by atoms with Gasteiger partial charge < -0.3 is 15.4 Å². The molecule has 1 aromatic heterocycles. The van der Waals surface area contributed by atoms with Gasteiger partial charge in [0.15, 0.2) is 5.82 Å². The van der Waals surface area contributed by atoms with Gasteiger partial charge in [0, 0.05) is 13.1 Å². The van der Waals surface area contributed by atoms with Gasteiger partial charge in [0.1, 0.15) is 16.6 Å². The lowest BCUT2D eigenvalue weighted by Crippen LogP contribution is -2.42. The molecule has 1 fully saturated rings. The molecular formula is C10H16BrN5O. The van der Waals surface area contributed by atoms with E-state index < -0.39 is 0 Å². The molecule has 4 N–H and O–H groups in total. The Kier molecular flexibility index (Phi) is 3.80. The molecule has 7 heteroatoms. The van der Waals surface area contributed by atoms with E-state index in [0.29, 0.717) is 5.82 Å². The number of nitrogens with zero attached hydrogens (tertiary/aromatic N) is 3. The van der Waals surface area contributed by atoms with Crippen LogP contribution in [0, 0.1) is 5.92 Å². The van der Waals surface area contributed by atoms with Crippen molar-refractivity contribution in [3.05, 3.63) is 10.8 Å². The summed E-state index contributed by atoms with van der Waals surface area (Å²) in [5, 5.41) is 9.71. The molecule has 2 rings (SSSR count). The van der Waals surface area contributed by atoms with E-state index in [2.05, 4.69) is 36.2 Å². The van der Waals surface area contributed by atoms with Crippen molar-refractivity contribution in [3.8, 4) is 0 Å². The van der Waals surface area contributed by atoms with E-state index in [0.717, 1.165) is 29.8 Å². The van der Waals surface area contributed by atoms with Crippen LogP contribution < -0.4 is 16.2 Å². The van der Waals surface area contributed by atoms with Crippen molar-refractivity contribution in [2.75, 3.05) is 23.4 Å². The van der Waals surface area contributed by atoms with Crippen LogP contribution in [0.4, 0.5) is 11.6 Å². The molecule has 1 saturated heterocycles. The van der Waals surface area contributed by atoms with E-state index in [9.17, 15) is 5.11 Å². The zero-order chi connectivity index (χ0) is 12.4. The molecule has 0 bridgehead atoms. The normalized spacial score (nSPS) is 24.8. The van der Waals surface area contributed by atoms with Gasteiger partial charge in [0.05, 0.1) is 6.10 Å². The molecule has 2 heterocycles. The van der Waals surface area contributed by atoms with Crippen LogP contribution in [-0.4, -0.2) is 34.3 Å². The standard InChI is InChI=1S/C10H16BrN5O/c1-6-4-16(3-2-7(6)17)10-8(11)9(15-12)13-5-14-10/h5-7,17H,2-4,12H2,1H3,(H,13,14,15). The lowest BCUT2D eigenvalue weighted by atomic mass is 9.97. The van der Waals surface area contributed by atoms with E-state index in [-0.39, 0.29) is 12.0 Å². The van der Waals surface area contributed by atoms with Crippen molar-refractivity contribution < 1.29 is 5.11 Å². The maximum Gasteiger partial charge on any atom is 0.159 e. The van der Waals surface area contributed by atoms with Crippen molar-refractivity contribution in [2.45, 2.75) is 19.4 Å². The number of hydrogen-bond donors (Lipinski definition) is 3. The minimum absolute atomic E-state index is 0.223. The number of aromatic nitrogens is 2. The number of nitrogens with one attached hydrogen (secondary N) is 1. The van der Waals surface area contributed by atoms with Gasteiger partial charge in [-0.05, 0) is 28.3 Å². The van der Waals surface area contributed by atoms with Crippen LogP contribution in [-0.2, 0) is 0 Å². The number of piperidine rings is 1. The summed E-state index contributed by atoms with van der Waals surface area (Å²) in [5.41, 5.74) is 2.52. The first kappa shape index (κ1) is 12.5. The van der Waals surface area contributed by atoms with Crippen molar-refractivity contribution in [1.29, 1.82) is 0 Å². The number of halogens is 1. The van der Waals surface area contributed by atoms with Gasteiger partial charge in [-0.3, -0.25) is 0 Å². The molecule has 1 aliphatic heterocycles. The average molecular weight is 302 g/mol. The Balaban J connectivity index is 2.23. The van der Waals surface area contributed by atoms with E-state index in [1.165, 1.54) is 6.33 Å². The van der Waals surface area contributed by atoms with Crippen LogP contribution in [0.15, 0.2) is 10.8 Å². The highest BCUT2D eigenvalue weighted by Crippen LogP contribution is 2.31. The van der Waals surface area contributed by atoms with E-state index >= 15 is 0 Å². The van der Waals surface area contributed by atoms with Crippen molar-refractivity contribution in [1.82, 2.24) is 9.97 Å². The molecule has 2 unspecified atom stereocenters. The third kappa shape index (κ3) is 2.51. The van der Waals surface area contributed by atoms with Gasteiger partial charge in [0.25, 0.3) is 0 Å². The molecule has 0 spiro atoms. The predicted molar refractivity (Wildman–Crippen MR) is 69.5 cm³/mol. The van der Waals surface area contributed by atoms with Gasteiger partial charge in [0.2, 0.25) is 0 Å². The van der Waals surface area contributed by atoms with Crippen LogP contribution in [0.3, 0.4) is 0 Å². The Morgan fingerprint density at radius 2 is 2.35 bits per heavy atom. The molecule has 94 valence electrons. The Hall–Kier alpha value is -0.920. The van der Waals surface area contributed by atoms with Crippen LogP contribution in [0.5, 0.6) is 0 Å². The third-order valence-electron chi connectivity index (χ3n) is 3.07. The maximum absolute atomic E-state index is 9.71. The van der Waals surface area contributed by atoms with Gasteiger partial charge >= 0.3 is 0 Å². The largest absolute Gasteiger partial charge is 0.393 e. The monoisotopic (exact) mass is 301 g/mol. The summed E-state index contributed by atoms with van der Waals surface area (Å²) >= 11 is 3.44. The molecule has 0 amide bonds. The van der Waals surface area contributed by atoms with E-state index in [1.807, 2.05) is 6.92 Å². The quantitative estimate of drug-likeness (QED) is 0.551. The number of anilines is 2. The lowest BCUT2D eigenvalue weighted by molar-refractivity contribution is 0.0968. The average Bonchev–Trinajstić information content (AvgIpc) is 2.33. The lowest BCUT2D eigenvalue weighted by Gasteiger charge is -2.35. The fourth-order valence-corrected chi connectivity index (χ4v) is 2.58. The zero-order valence-electron chi connectivity index (χ0n) is 9.60. The zero-order valence-corrected chi connectivity index (χ0v) is 11.2. The minimum atomic E-state index is -0.223. The number of rotatable bonds is 2. The molecule has 1 aromatic rings. The SMILES string of the molecule is CC1CN(c2ncnc(NN)c2Br)CCC1O. The first-order chi connectivity index (χ1) is 8.13. The van der Waals surface area contributed by atoms with Crippen LogP contribution in [0.25, 0.3) is 0 Å². The summed E-state index contributed by atoms with van der Waals surface area (Å²) in [6, 6.07) is 0. The van der Waals surface area contributed by atoms with Crippen molar-refractivity contribution in [3.63, 3.8) is 0 Å². The van der Waals surface area contributed by atoms with Crippen LogP contribution in [0.1, 0.15) is 13.3 Å². The molecule has 0 saturated carbocycles. The summed E-state index contributed by atoms with van der Waals surface area (Å²) in [7, 11) is 0. The number of nitrogen functional groups attached to an aromatic ring is 1. The molecule has 0 aromatic carbocycles. The van der Waals surface area contributed by atoms with Gasteiger partial charge in [-0.2, -0.15) is 0 Å². The summed E-state index contributed by atoms with van der Waals surface area (Å²) in [6.45, 7) is 3.60. The third-order valence-corrected chi connectivity index (χ3v) is 3.80. The van der Waals surface area contributed by atoms with Gasteiger partial charge in [-0.1, -0.05) is 6.92 Å². The minimum Gasteiger partial charge on any atom is -0.393 e. The molecule has 0 radical (unpaired) electrons. The number of hydrazine groups is 1. The Morgan fingerprint density at radius 3 is 3.00 bits per heavy atom. The number of aliphatic hydroxyl groups is 1. The molecule has 17 heavy (non-hydrogen) atoms. The smallest absolute Gasteiger partial charge is 0.159 e. The summed E-state index contributed by atoms with van der Waals surface area (Å²) in [6.07, 6.45) is 2.01. The molecular weight excluding hydrogens is 286 g/mol. The Labute approximate surface area is 108 Å². The highest BCUT2D eigenvalue weighted by atomic mass is 79.9. The summed E-state index contributed by atoms with van der Waals surface area (Å²) in [5.74, 6) is 6.98. The topological polar surface area (TPSA) is 87.3 Å². The first-order valence-corrected chi connectivity index (χ1v) is 6.33. The predicted octanol–water partition coefficient (Wildman–Crippen LogP) is 0.732. The van der Waals surface area contributed by atoms with Crippen LogP contribution >= 0.6 is 15.9 Å². The molecule has 0 aliphatic carbocycles. The second kappa shape index (κ2) is 5.16. The van der Waals surface area contributed by atoms with Gasteiger partial charge in [-0.25, -0.2) is 15.8 Å². The second-order valence-corrected chi connectivity index (χ2v) is 5.08. The number of hydrogen-bond acceptors (Lipinski definition) is 6. The summed E-state index contributed by atoms with van der Waals surface area (Å²) < 4.78 is 0.756. The number of aliphatic hydroxyl groups excluding tert-OH is 1. The summed E-state index contributed by atoms with van der Waals surface area (Å²) in [4.78, 5) is 10.4. The molecule has 1 aliphatic rings. The van der Waals surface area contributed by atoms with E-state index in [1.54, 1.807) is 0 Å².